The van der Waals surface area contributed by atoms with Gasteiger partial charge < -0.3 is 0 Å². The van der Waals surface area contributed by atoms with Crippen LogP contribution in [0.4, 0.5) is 0 Å². The van der Waals surface area contributed by atoms with Crippen LogP contribution in [0.3, 0.4) is 0 Å². The number of rotatable bonds is 48. The molecule has 0 aromatic rings. The molecular weight excluding hydrogens is 1050 g/mol. The molecule has 0 fully saturated rings. The van der Waals surface area contributed by atoms with Crippen LogP contribution < -0.4 is 15.3 Å². The predicted molar refractivity (Wildman–Crippen MR) is 257 cm³/mol. The average molecular weight is 1150 g/mol. The second-order valence-corrected chi connectivity index (χ2v) is 23.3. The van der Waals surface area contributed by atoms with Crippen molar-refractivity contribution in [2.24, 2.45) is 0 Å². The van der Waals surface area contributed by atoms with Crippen molar-refractivity contribution < 1.29 is 92.9 Å². The van der Waals surface area contributed by atoms with Crippen LogP contribution in [0.15, 0.2) is 0 Å². The molecule has 0 saturated carbocycles. The normalized spacial score (nSPS) is 12.2. The molecular formula is C54H102AlNb3O6. The summed E-state index contributed by atoms with van der Waals surface area (Å²) in [4.78, 5) is 31.7. The molecule has 0 aliphatic heterocycles. The Bertz CT molecular complexity index is 815. The molecule has 6 nitrogen and oxygen atoms in total. The molecule has 3 atom stereocenters. The summed E-state index contributed by atoms with van der Waals surface area (Å²) in [6, 6.07) is 0. The minimum atomic E-state index is -0.876. The van der Waals surface area contributed by atoms with Gasteiger partial charge in [0.25, 0.3) is 0 Å². The fourth-order valence-corrected chi connectivity index (χ4v) is 9.30. The van der Waals surface area contributed by atoms with Crippen molar-refractivity contribution in [3.63, 3.8) is 0 Å². The second-order valence-electron chi connectivity index (χ2n) is 18.7. The van der Waals surface area contributed by atoms with E-state index in [0.29, 0.717) is 0 Å². The molecule has 0 rings (SSSR count). The molecule has 0 heterocycles. The first-order valence-electron chi connectivity index (χ1n) is 27.2. The minimum Gasteiger partial charge on any atom is 3.00 e. The Kier molecular flexibility index (Phi) is 69.7. The molecule has 0 radical (unpaired) electrons. The largest absolute Gasteiger partial charge is 3.00 e. The van der Waals surface area contributed by atoms with Gasteiger partial charge in [-0.2, -0.15) is 0 Å². The molecule has 3 unspecified atom stereocenters. The number of hydrogen-bond acceptors (Lipinski definition) is 6. The first-order chi connectivity index (χ1) is 30.5. The number of carboxylic acid groups (broad SMARTS) is 3. The Morgan fingerprint density at radius 2 is 0.375 bits per heavy atom. The van der Waals surface area contributed by atoms with Gasteiger partial charge in [-0.25, -0.2) is 0 Å². The number of carbonyl (C=O) groups excluding carboxylic acids is 3. The van der Waals surface area contributed by atoms with Crippen molar-refractivity contribution in [2.45, 2.75) is 322 Å². The van der Waals surface area contributed by atoms with Crippen LogP contribution >= 0.6 is 0 Å². The Labute approximate surface area is 446 Å². The summed E-state index contributed by atoms with van der Waals surface area (Å²) in [6.45, 7) is 6.81. The van der Waals surface area contributed by atoms with Gasteiger partial charge in [0.1, 0.15) is 0 Å². The smallest absolute Gasteiger partial charge is 3.00 e. The molecule has 0 bridgehead atoms. The molecule has 0 N–H and O–H groups in total. The van der Waals surface area contributed by atoms with E-state index in [2.05, 4.69) is 20.8 Å². The summed E-state index contributed by atoms with van der Waals surface area (Å²) >= 11 is 4.15. The standard InChI is InChI=1S/3C18H35O2.Al.3Nb/c3*1-2-3-4-5-6-7-8-9-10-11-12-13-14-15-16-17-18(19)20;;;;/h3*17H,2-16H2,1H3,(H,19,20);;;;/q;;;+3;;;/p-3. The first-order valence-corrected chi connectivity index (χ1v) is 31.0. The van der Waals surface area contributed by atoms with Gasteiger partial charge in [-0.05, 0) is 0 Å². The maximum absolute atomic E-state index is 10.6. The Morgan fingerprint density at radius 1 is 0.266 bits per heavy atom. The van der Waals surface area contributed by atoms with Gasteiger partial charge in [0.05, 0.1) is 0 Å². The third-order valence-corrected chi connectivity index (χ3v) is 15.8. The zero-order chi connectivity index (χ0) is 47.3. The summed E-state index contributed by atoms with van der Waals surface area (Å²) in [6.07, 6.45) is 58.9. The molecule has 0 amide bonds. The van der Waals surface area contributed by atoms with Gasteiger partial charge in [-0.1, -0.05) is 97.8 Å². The van der Waals surface area contributed by atoms with Gasteiger partial charge in [0, 0.05) is 0 Å². The van der Waals surface area contributed by atoms with Crippen molar-refractivity contribution >= 4 is 35.3 Å². The summed E-state index contributed by atoms with van der Waals surface area (Å²) in [5.74, 6) is -2.63. The third-order valence-electron chi connectivity index (χ3n) is 12.3. The van der Waals surface area contributed by atoms with Crippen molar-refractivity contribution in [1.82, 2.24) is 0 Å². The summed E-state index contributed by atoms with van der Waals surface area (Å²) in [5, 5.41) is 31.7. The van der Waals surface area contributed by atoms with Crippen molar-refractivity contribution in [2.75, 3.05) is 0 Å². The Hall–Kier alpha value is 1.16. The van der Waals surface area contributed by atoms with E-state index >= 15 is 0 Å². The molecule has 0 aromatic heterocycles. The van der Waals surface area contributed by atoms with Crippen LogP contribution in [0.5, 0.6) is 0 Å². The monoisotopic (exact) mass is 1150 g/mol. The van der Waals surface area contributed by atoms with Crippen molar-refractivity contribution in [3.05, 3.63) is 0 Å². The van der Waals surface area contributed by atoms with Gasteiger partial charge in [0.2, 0.25) is 0 Å². The van der Waals surface area contributed by atoms with Gasteiger partial charge >= 0.3 is 352 Å². The molecule has 0 aromatic carbocycles. The van der Waals surface area contributed by atoms with Crippen LogP contribution in [0.2, 0.25) is 12.4 Å². The molecule has 0 saturated heterocycles. The fraction of sp³-hybridized carbons (Fsp3) is 0.944. The Morgan fingerprint density at radius 3 is 0.484 bits per heavy atom. The molecule has 10 heteroatoms. The molecule has 0 aliphatic carbocycles. The van der Waals surface area contributed by atoms with Crippen LogP contribution in [0.25, 0.3) is 0 Å². The van der Waals surface area contributed by atoms with Gasteiger partial charge in [-0.3, -0.25) is 0 Å². The van der Waals surface area contributed by atoms with Crippen LogP contribution in [-0.2, 0) is 77.6 Å². The average Bonchev–Trinajstić information content (AvgIpc) is 3.26. The van der Waals surface area contributed by atoms with E-state index < -0.39 is 17.9 Å². The SMILES string of the molecule is CCCCCCCCCCCCCCCC[CH]([Nb])C(=O)[O-].CCCCCCCCCCCCCCCC[CH]([Nb])C(=O)[O-].CCCCCCCCCCCCCCCC[CH]([Nb])C(=O)[O-].[Al+3]. The zero-order valence-electron chi connectivity index (χ0n) is 42.4. The molecule has 372 valence electrons. The van der Waals surface area contributed by atoms with Crippen molar-refractivity contribution in [3.8, 4) is 0 Å². The molecule has 64 heavy (non-hydrogen) atoms. The predicted octanol–water partition coefficient (Wildman–Crippen LogP) is 14.4. The van der Waals surface area contributed by atoms with E-state index in [4.69, 9.17) is 0 Å². The number of carboxylic acids is 3. The number of aliphatic carboxylic acids is 3. The van der Waals surface area contributed by atoms with Crippen LogP contribution in [0.1, 0.15) is 310 Å². The van der Waals surface area contributed by atoms with Crippen LogP contribution in [0, 0.1) is 0 Å². The Balaban J connectivity index is -0.000000419. The topological polar surface area (TPSA) is 120 Å². The summed E-state index contributed by atoms with van der Waals surface area (Å²) < 4.78 is -0.677. The molecule has 0 aliphatic rings. The number of carbonyl (C=O) groups is 3. The number of hydrogen-bond donors (Lipinski definition) is 0. The van der Waals surface area contributed by atoms with Crippen molar-refractivity contribution in [1.29, 1.82) is 0 Å². The maximum atomic E-state index is 10.6. The van der Waals surface area contributed by atoms with E-state index in [9.17, 15) is 29.7 Å². The van der Waals surface area contributed by atoms with E-state index in [1.54, 1.807) is 0 Å². The number of unbranched alkanes of at least 4 members (excludes halogenated alkanes) is 39. The zero-order valence-corrected chi connectivity index (χ0v) is 50.2. The van der Waals surface area contributed by atoms with E-state index in [1.165, 1.54) is 314 Å². The minimum absolute atomic E-state index is 0. The maximum Gasteiger partial charge on any atom is 3.00 e. The van der Waals surface area contributed by atoms with E-state index in [0.717, 1.165) is 38.5 Å². The van der Waals surface area contributed by atoms with Crippen LogP contribution in [-0.4, -0.2) is 35.3 Å². The molecule has 0 spiro atoms. The van der Waals surface area contributed by atoms with E-state index in [-0.39, 0.29) is 29.8 Å². The summed E-state index contributed by atoms with van der Waals surface area (Å²) in [5.41, 5.74) is 0. The summed E-state index contributed by atoms with van der Waals surface area (Å²) in [7, 11) is 0. The fourth-order valence-electron chi connectivity index (χ4n) is 7.95. The van der Waals surface area contributed by atoms with Gasteiger partial charge in [0.15, 0.2) is 0 Å². The second kappa shape index (κ2) is 62.2. The van der Waals surface area contributed by atoms with Gasteiger partial charge in [-0.15, -0.1) is 0 Å². The van der Waals surface area contributed by atoms with E-state index in [1.807, 2.05) is 0 Å². The quantitative estimate of drug-likeness (QED) is 0.0442. The third kappa shape index (κ3) is 65.2. The first kappa shape index (κ1) is 71.7.